The molecule has 1 nitrogen and oxygen atoms in total. The van der Waals surface area contributed by atoms with Crippen molar-refractivity contribution in [3.63, 3.8) is 0 Å². The summed E-state index contributed by atoms with van der Waals surface area (Å²) in [5.41, 5.74) is 0.689. The molecule has 1 atom stereocenters. The first-order valence-electron chi connectivity index (χ1n) is 3.30. The van der Waals surface area contributed by atoms with Gasteiger partial charge >= 0.3 is 0 Å². The third kappa shape index (κ3) is 2.84. The Morgan fingerprint density at radius 3 is 2.38 bits per heavy atom. The molecule has 0 aliphatic heterocycles. The molecule has 1 aromatic carbocycles. The SMILES string of the molecule is O=C(Cl)[C@@H](Br)c1ccc(Cl)c(Cl)c1. The molecule has 0 aliphatic rings. The van der Waals surface area contributed by atoms with Gasteiger partial charge in [0.2, 0.25) is 5.24 Å². The van der Waals surface area contributed by atoms with Crippen LogP contribution >= 0.6 is 50.7 Å². The van der Waals surface area contributed by atoms with E-state index < -0.39 is 10.1 Å². The van der Waals surface area contributed by atoms with Gasteiger partial charge in [0, 0.05) is 0 Å². The van der Waals surface area contributed by atoms with E-state index in [1.165, 1.54) is 0 Å². The average molecular weight is 302 g/mol. The Balaban J connectivity index is 3.03. The molecule has 0 spiro atoms. The lowest BCUT2D eigenvalue weighted by atomic mass is 10.2. The van der Waals surface area contributed by atoms with Crippen LogP contribution < -0.4 is 0 Å². The molecule has 1 rings (SSSR count). The van der Waals surface area contributed by atoms with Crippen molar-refractivity contribution in [1.82, 2.24) is 0 Å². The van der Waals surface area contributed by atoms with E-state index in [1.807, 2.05) is 0 Å². The zero-order valence-electron chi connectivity index (χ0n) is 6.23. The lowest BCUT2D eigenvalue weighted by Gasteiger charge is -2.05. The van der Waals surface area contributed by atoms with Crippen molar-refractivity contribution in [1.29, 1.82) is 0 Å². The van der Waals surface area contributed by atoms with Crippen LogP contribution in [-0.2, 0) is 4.79 Å². The van der Waals surface area contributed by atoms with Gasteiger partial charge in [0.1, 0.15) is 4.83 Å². The van der Waals surface area contributed by atoms with Crippen LogP contribution in [0.15, 0.2) is 18.2 Å². The molecule has 13 heavy (non-hydrogen) atoms. The molecular formula is C8H4BrCl3O. The molecule has 1 aromatic rings. The molecule has 0 unspecified atom stereocenters. The Hall–Kier alpha value is 0.240. The Labute approximate surface area is 99.1 Å². The number of alkyl halides is 1. The molecule has 0 aromatic heterocycles. The van der Waals surface area contributed by atoms with Crippen LogP contribution in [0.3, 0.4) is 0 Å². The highest BCUT2D eigenvalue weighted by molar-refractivity contribution is 9.09. The van der Waals surface area contributed by atoms with Gasteiger partial charge < -0.3 is 0 Å². The zero-order valence-corrected chi connectivity index (χ0v) is 10.1. The maximum atomic E-state index is 10.8. The van der Waals surface area contributed by atoms with Crippen LogP contribution in [0.5, 0.6) is 0 Å². The summed E-state index contributed by atoms with van der Waals surface area (Å²) in [5, 5.41) is 0.368. The quantitative estimate of drug-likeness (QED) is 0.591. The van der Waals surface area contributed by atoms with Gasteiger partial charge in [0.05, 0.1) is 10.0 Å². The highest BCUT2D eigenvalue weighted by atomic mass is 79.9. The summed E-state index contributed by atoms with van der Waals surface area (Å²) >= 11 is 19.9. The molecule has 0 fully saturated rings. The van der Waals surface area contributed by atoms with E-state index >= 15 is 0 Å². The minimum atomic E-state index is -0.538. The second kappa shape index (κ2) is 4.65. The maximum absolute atomic E-state index is 10.8. The van der Waals surface area contributed by atoms with Gasteiger partial charge in [-0.3, -0.25) is 4.79 Å². The van der Waals surface area contributed by atoms with E-state index in [0.29, 0.717) is 15.6 Å². The number of benzene rings is 1. The summed E-state index contributed by atoms with van der Waals surface area (Å²) in [6.07, 6.45) is 0. The number of carbonyl (C=O) groups excluding carboxylic acids is 1. The van der Waals surface area contributed by atoms with Gasteiger partial charge in [-0.15, -0.1) is 0 Å². The van der Waals surface area contributed by atoms with Crippen LogP contribution in [0.25, 0.3) is 0 Å². The summed E-state index contributed by atoms with van der Waals surface area (Å²) in [6, 6.07) is 4.91. The molecule has 0 amide bonds. The van der Waals surface area contributed by atoms with E-state index in [9.17, 15) is 4.79 Å². The molecule has 5 heteroatoms. The van der Waals surface area contributed by atoms with Gasteiger partial charge in [0.25, 0.3) is 0 Å². The van der Waals surface area contributed by atoms with E-state index in [-0.39, 0.29) is 0 Å². The highest BCUT2D eigenvalue weighted by Gasteiger charge is 2.15. The predicted molar refractivity (Wildman–Crippen MR) is 59.0 cm³/mol. The molecule has 0 bridgehead atoms. The Kier molecular flexibility index (Phi) is 4.05. The predicted octanol–water partition coefficient (Wildman–Crippen LogP) is 4.19. The number of hydrogen-bond acceptors (Lipinski definition) is 1. The summed E-state index contributed by atoms with van der Waals surface area (Å²) in [4.78, 5) is 10.2. The van der Waals surface area contributed by atoms with Crippen molar-refractivity contribution in [2.45, 2.75) is 4.83 Å². The van der Waals surface area contributed by atoms with E-state index in [4.69, 9.17) is 34.8 Å². The fraction of sp³-hybridized carbons (Fsp3) is 0.125. The average Bonchev–Trinajstić information content (AvgIpc) is 2.08. The maximum Gasteiger partial charge on any atom is 0.239 e. The monoisotopic (exact) mass is 300 g/mol. The molecular weight excluding hydrogens is 298 g/mol. The third-order valence-corrected chi connectivity index (χ3v) is 3.60. The van der Waals surface area contributed by atoms with Crippen LogP contribution in [0.1, 0.15) is 10.4 Å². The lowest BCUT2D eigenvalue weighted by molar-refractivity contribution is -0.111. The molecule has 0 N–H and O–H groups in total. The highest BCUT2D eigenvalue weighted by Crippen LogP contribution is 2.30. The van der Waals surface area contributed by atoms with Crippen LogP contribution in [0.4, 0.5) is 0 Å². The van der Waals surface area contributed by atoms with Crippen molar-refractivity contribution >= 4 is 56.0 Å². The Morgan fingerprint density at radius 1 is 1.31 bits per heavy atom. The normalized spacial score (nSPS) is 12.6. The van der Waals surface area contributed by atoms with Crippen molar-refractivity contribution in [3.8, 4) is 0 Å². The molecule has 0 saturated heterocycles. The first kappa shape index (κ1) is 11.3. The zero-order chi connectivity index (χ0) is 10.0. The molecule has 0 aliphatic carbocycles. The second-order valence-corrected chi connectivity index (χ2v) is 4.44. The van der Waals surface area contributed by atoms with E-state index in [0.717, 1.165) is 0 Å². The van der Waals surface area contributed by atoms with Gasteiger partial charge in [-0.1, -0.05) is 45.2 Å². The molecule has 0 heterocycles. The van der Waals surface area contributed by atoms with Crippen molar-refractivity contribution < 1.29 is 4.79 Å². The van der Waals surface area contributed by atoms with Crippen LogP contribution in [-0.4, -0.2) is 5.24 Å². The fourth-order valence-corrected chi connectivity index (χ4v) is 1.52. The minimum Gasteiger partial charge on any atom is -0.280 e. The number of halogens is 4. The Bertz CT molecular complexity index is 340. The molecule has 70 valence electrons. The Morgan fingerprint density at radius 2 is 1.92 bits per heavy atom. The van der Waals surface area contributed by atoms with E-state index in [2.05, 4.69) is 15.9 Å². The largest absolute Gasteiger partial charge is 0.280 e. The smallest absolute Gasteiger partial charge is 0.239 e. The summed E-state index contributed by atoms with van der Waals surface area (Å²) in [6.45, 7) is 0. The second-order valence-electron chi connectivity index (χ2n) is 2.34. The minimum absolute atomic E-state index is 0.404. The van der Waals surface area contributed by atoms with Crippen LogP contribution in [0, 0.1) is 0 Å². The first-order valence-corrected chi connectivity index (χ1v) is 5.35. The van der Waals surface area contributed by atoms with Crippen molar-refractivity contribution in [2.75, 3.05) is 0 Å². The van der Waals surface area contributed by atoms with E-state index in [1.54, 1.807) is 18.2 Å². The third-order valence-electron chi connectivity index (χ3n) is 1.44. The van der Waals surface area contributed by atoms with Crippen molar-refractivity contribution in [2.24, 2.45) is 0 Å². The number of carbonyl (C=O) groups is 1. The fourth-order valence-electron chi connectivity index (χ4n) is 0.801. The lowest BCUT2D eigenvalue weighted by Crippen LogP contribution is -1.97. The summed E-state index contributed by atoms with van der Waals surface area (Å²) in [7, 11) is 0. The number of rotatable bonds is 2. The first-order chi connectivity index (χ1) is 6.02. The topological polar surface area (TPSA) is 17.1 Å². The van der Waals surface area contributed by atoms with Gasteiger partial charge in [0.15, 0.2) is 0 Å². The summed E-state index contributed by atoms with van der Waals surface area (Å²) < 4.78 is 0. The van der Waals surface area contributed by atoms with Gasteiger partial charge in [-0.2, -0.15) is 0 Å². The standard InChI is InChI=1S/C8H4BrCl3O/c9-7(8(12)13)4-1-2-5(10)6(11)3-4/h1-3,7H/t7-/m0/s1. The molecule has 0 saturated carbocycles. The molecule has 0 radical (unpaired) electrons. The number of hydrogen-bond donors (Lipinski definition) is 0. The van der Waals surface area contributed by atoms with Gasteiger partial charge in [-0.05, 0) is 29.3 Å². The van der Waals surface area contributed by atoms with Crippen molar-refractivity contribution in [3.05, 3.63) is 33.8 Å². The summed E-state index contributed by atoms with van der Waals surface area (Å²) in [5.74, 6) is 0. The van der Waals surface area contributed by atoms with Crippen LogP contribution in [0.2, 0.25) is 10.0 Å². The van der Waals surface area contributed by atoms with Gasteiger partial charge in [-0.25, -0.2) is 0 Å².